The molecule has 0 amide bonds. The fourth-order valence-corrected chi connectivity index (χ4v) is 3.87. The summed E-state index contributed by atoms with van der Waals surface area (Å²) in [6.45, 7) is 9.12. The highest BCUT2D eigenvalue weighted by atomic mass is 14.2. The summed E-state index contributed by atoms with van der Waals surface area (Å²) >= 11 is 0. The normalized spacial score (nSPS) is 12.3. The Kier molecular flexibility index (Phi) is 2.99. The summed E-state index contributed by atoms with van der Waals surface area (Å²) in [5.41, 5.74) is 3.02. The van der Waals surface area contributed by atoms with Gasteiger partial charge in [-0.05, 0) is 55.8 Å². The molecule has 0 aliphatic rings. The third-order valence-corrected chi connectivity index (χ3v) is 5.00. The van der Waals surface area contributed by atoms with Crippen molar-refractivity contribution in [2.24, 2.45) is 0 Å². The second kappa shape index (κ2) is 4.83. The summed E-state index contributed by atoms with van der Waals surface area (Å²) in [5.74, 6) is 0. The number of hydrogen-bond donors (Lipinski definition) is 0. The van der Waals surface area contributed by atoms with Crippen LogP contribution in [0.25, 0.3) is 32.3 Å². The highest BCUT2D eigenvalue weighted by Crippen LogP contribution is 2.36. The third-order valence-electron chi connectivity index (χ3n) is 5.00. The van der Waals surface area contributed by atoms with Crippen molar-refractivity contribution < 1.29 is 0 Å². The zero-order valence-corrected chi connectivity index (χ0v) is 14.3. The van der Waals surface area contributed by atoms with Crippen molar-refractivity contribution in [3.63, 3.8) is 0 Å². The molecular weight excluding hydrogens is 276 g/mol. The first-order valence-corrected chi connectivity index (χ1v) is 8.31. The smallest absolute Gasteiger partial charge is 0.00989 e. The first kappa shape index (κ1) is 14.3. The van der Waals surface area contributed by atoms with E-state index in [4.69, 9.17) is 0 Å². The van der Waals surface area contributed by atoms with Gasteiger partial charge in [0.1, 0.15) is 0 Å². The largest absolute Gasteiger partial charge is 0.0616 e. The van der Waals surface area contributed by atoms with Gasteiger partial charge in [0.05, 0.1) is 0 Å². The number of benzene rings is 4. The molecule has 0 heteroatoms. The summed E-state index contributed by atoms with van der Waals surface area (Å²) in [5, 5.41) is 8.08. The molecule has 0 radical (unpaired) electrons. The maximum atomic E-state index is 2.31. The van der Waals surface area contributed by atoms with Crippen LogP contribution in [-0.2, 0) is 5.41 Å². The summed E-state index contributed by atoms with van der Waals surface area (Å²) in [6, 6.07) is 22.4. The molecule has 0 N–H and O–H groups in total. The SMILES string of the molecule is Cc1c(C(C)(C)C)ccc2c1ccc1c3ccccc3ccc21. The maximum absolute atomic E-state index is 2.31. The van der Waals surface area contributed by atoms with Crippen LogP contribution in [0.5, 0.6) is 0 Å². The molecule has 0 aliphatic heterocycles. The van der Waals surface area contributed by atoms with E-state index in [0.717, 1.165) is 0 Å². The van der Waals surface area contributed by atoms with Gasteiger partial charge >= 0.3 is 0 Å². The van der Waals surface area contributed by atoms with Crippen molar-refractivity contribution in [2.45, 2.75) is 33.1 Å². The fourth-order valence-electron chi connectivity index (χ4n) is 3.87. The predicted molar refractivity (Wildman–Crippen MR) is 102 cm³/mol. The lowest BCUT2D eigenvalue weighted by atomic mass is 9.81. The van der Waals surface area contributed by atoms with Gasteiger partial charge in [-0.1, -0.05) is 81.4 Å². The Labute approximate surface area is 137 Å². The zero-order chi connectivity index (χ0) is 16.2. The molecule has 0 nitrogen and oxygen atoms in total. The van der Waals surface area contributed by atoms with Gasteiger partial charge in [-0.15, -0.1) is 0 Å². The van der Waals surface area contributed by atoms with Crippen LogP contribution < -0.4 is 0 Å². The Hall–Kier alpha value is -2.34. The van der Waals surface area contributed by atoms with Crippen LogP contribution >= 0.6 is 0 Å². The summed E-state index contributed by atoms with van der Waals surface area (Å²) in [4.78, 5) is 0. The molecule has 0 atom stereocenters. The molecule has 114 valence electrons. The Morgan fingerprint density at radius 1 is 0.565 bits per heavy atom. The Morgan fingerprint density at radius 2 is 1.13 bits per heavy atom. The van der Waals surface area contributed by atoms with Crippen LogP contribution in [0.3, 0.4) is 0 Å². The van der Waals surface area contributed by atoms with Gasteiger partial charge in [0.25, 0.3) is 0 Å². The van der Waals surface area contributed by atoms with Gasteiger partial charge in [-0.25, -0.2) is 0 Å². The first-order valence-electron chi connectivity index (χ1n) is 8.31. The van der Waals surface area contributed by atoms with E-state index in [9.17, 15) is 0 Å². The summed E-state index contributed by atoms with van der Waals surface area (Å²) < 4.78 is 0. The van der Waals surface area contributed by atoms with E-state index in [-0.39, 0.29) is 5.41 Å². The van der Waals surface area contributed by atoms with E-state index in [1.165, 1.54) is 43.4 Å². The highest BCUT2D eigenvalue weighted by molar-refractivity contribution is 6.17. The summed E-state index contributed by atoms with van der Waals surface area (Å²) in [6.07, 6.45) is 0. The van der Waals surface area contributed by atoms with E-state index in [1.807, 2.05) is 0 Å². The number of aryl methyl sites for hydroxylation is 1. The number of rotatable bonds is 0. The minimum absolute atomic E-state index is 0.177. The van der Waals surface area contributed by atoms with E-state index < -0.39 is 0 Å². The van der Waals surface area contributed by atoms with Gasteiger partial charge in [-0.3, -0.25) is 0 Å². The van der Waals surface area contributed by atoms with Crippen molar-refractivity contribution in [3.05, 3.63) is 71.8 Å². The third kappa shape index (κ3) is 2.13. The van der Waals surface area contributed by atoms with E-state index in [2.05, 4.69) is 88.4 Å². The van der Waals surface area contributed by atoms with Crippen LogP contribution in [0.2, 0.25) is 0 Å². The quantitative estimate of drug-likeness (QED) is 0.315. The van der Waals surface area contributed by atoms with Crippen LogP contribution in [0.1, 0.15) is 31.9 Å². The molecule has 4 rings (SSSR count). The molecule has 0 bridgehead atoms. The Balaban J connectivity index is 2.14. The molecule has 0 aromatic heterocycles. The fraction of sp³-hybridized carbons (Fsp3) is 0.217. The van der Waals surface area contributed by atoms with Crippen LogP contribution in [0.15, 0.2) is 60.7 Å². The van der Waals surface area contributed by atoms with Gasteiger partial charge < -0.3 is 0 Å². The first-order chi connectivity index (χ1) is 11.0. The van der Waals surface area contributed by atoms with Gasteiger partial charge in [0.2, 0.25) is 0 Å². The minimum atomic E-state index is 0.177. The van der Waals surface area contributed by atoms with Crippen molar-refractivity contribution in [1.29, 1.82) is 0 Å². The van der Waals surface area contributed by atoms with Crippen molar-refractivity contribution in [3.8, 4) is 0 Å². The monoisotopic (exact) mass is 298 g/mol. The van der Waals surface area contributed by atoms with E-state index in [1.54, 1.807) is 0 Å². The van der Waals surface area contributed by atoms with Crippen LogP contribution in [0, 0.1) is 6.92 Å². The second-order valence-electron chi connectivity index (χ2n) is 7.53. The molecule has 23 heavy (non-hydrogen) atoms. The Morgan fingerprint density at radius 3 is 1.91 bits per heavy atom. The van der Waals surface area contributed by atoms with E-state index in [0.29, 0.717) is 0 Å². The molecule has 4 aromatic carbocycles. The average molecular weight is 298 g/mol. The standard InChI is InChI=1S/C23H22/c1-15-17-11-12-20-18-8-6-5-7-16(18)9-10-21(20)19(17)13-14-22(15)23(2,3)4/h5-14H,1-4H3. The highest BCUT2D eigenvalue weighted by Gasteiger charge is 2.18. The molecule has 0 heterocycles. The molecule has 0 fully saturated rings. The molecule has 0 spiro atoms. The molecule has 4 aromatic rings. The molecule has 0 unspecified atom stereocenters. The summed E-state index contributed by atoms with van der Waals surface area (Å²) in [7, 11) is 0. The second-order valence-corrected chi connectivity index (χ2v) is 7.53. The molecule has 0 saturated heterocycles. The number of fused-ring (bicyclic) bond motifs is 5. The number of hydrogen-bond acceptors (Lipinski definition) is 0. The topological polar surface area (TPSA) is 0 Å². The molecule has 0 aliphatic carbocycles. The lowest BCUT2D eigenvalue weighted by Gasteiger charge is -2.23. The van der Waals surface area contributed by atoms with Crippen molar-refractivity contribution in [1.82, 2.24) is 0 Å². The molecule has 0 saturated carbocycles. The minimum Gasteiger partial charge on any atom is -0.0616 e. The van der Waals surface area contributed by atoms with Crippen LogP contribution in [-0.4, -0.2) is 0 Å². The maximum Gasteiger partial charge on any atom is -0.00989 e. The van der Waals surface area contributed by atoms with Crippen molar-refractivity contribution in [2.75, 3.05) is 0 Å². The predicted octanol–water partition coefficient (Wildman–Crippen LogP) is 6.75. The Bertz CT molecular complexity index is 1050. The lowest BCUT2D eigenvalue weighted by molar-refractivity contribution is 0.587. The molecular formula is C23H22. The van der Waals surface area contributed by atoms with E-state index >= 15 is 0 Å². The zero-order valence-electron chi connectivity index (χ0n) is 14.3. The van der Waals surface area contributed by atoms with Gasteiger partial charge in [-0.2, -0.15) is 0 Å². The average Bonchev–Trinajstić information content (AvgIpc) is 2.53. The van der Waals surface area contributed by atoms with Gasteiger partial charge in [0, 0.05) is 0 Å². The van der Waals surface area contributed by atoms with Crippen LogP contribution in [0.4, 0.5) is 0 Å². The lowest BCUT2D eigenvalue weighted by Crippen LogP contribution is -2.13. The van der Waals surface area contributed by atoms with Crippen molar-refractivity contribution >= 4 is 32.3 Å². The van der Waals surface area contributed by atoms with Gasteiger partial charge in [0.15, 0.2) is 0 Å².